The predicted octanol–water partition coefficient (Wildman–Crippen LogP) is 1.69. The summed E-state index contributed by atoms with van der Waals surface area (Å²) >= 11 is 0. The van der Waals surface area contributed by atoms with E-state index in [0.29, 0.717) is 18.8 Å². The van der Waals surface area contributed by atoms with Crippen LogP contribution in [0.25, 0.3) is 0 Å². The average Bonchev–Trinajstić information content (AvgIpc) is 2.36. The third-order valence-electron chi connectivity index (χ3n) is 2.59. The van der Waals surface area contributed by atoms with Crippen molar-refractivity contribution >= 4 is 5.69 Å². The summed E-state index contributed by atoms with van der Waals surface area (Å²) in [5.41, 5.74) is 0.754. The zero-order valence-electron chi connectivity index (χ0n) is 10.7. The largest absolute Gasteiger partial charge is 0.384 e. The molecule has 4 nitrogen and oxygen atoms in total. The van der Waals surface area contributed by atoms with E-state index in [1.807, 2.05) is 7.05 Å². The first kappa shape index (κ1) is 14.4. The van der Waals surface area contributed by atoms with Crippen LogP contribution < -0.4 is 5.32 Å². The van der Waals surface area contributed by atoms with Gasteiger partial charge < -0.3 is 15.0 Å². The molecular weight excluding hydrogens is 233 g/mol. The van der Waals surface area contributed by atoms with Gasteiger partial charge in [0.2, 0.25) is 0 Å². The number of nitriles is 1. The SMILES string of the molecule is COCCN(C)CCNc1ccc(C#N)c(F)c1. The van der Waals surface area contributed by atoms with Gasteiger partial charge in [-0.05, 0) is 25.2 Å². The van der Waals surface area contributed by atoms with E-state index in [1.54, 1.807) is 19.2 Å². The molecule has 0 radical (unpaired) electrons. The van der Waals surface area contributed by atoms with Crippen molar-refractivity contribution in [1.82, 2.24) is 4.90 Å². The molecular formula is C13H18FN3O. The van der Waals surface area contributed by atoms with Crippen molar-refractivity contribution in [2.45, 2.75) is 0 Å². The molecule has 1 aromatic carbocycles. The molecule has 0 fully saturated rings. The highest BCUT2D eigenvalue weighted by atomic mass is 19.1. The van der Waals surface area contributed by atoms with E-state index < -0.39 is 5.82 Å². The molecule has 1 aromatic rings. The van der Waals surface area contributed by atoms with E-state index in [2.05, 4.69) is 10.2 Å². The Labute approximate surface area is 107 Å². The van der Waals surface area contributed by atoms with Crippen LogP contribution >= 0.6 is 0 Å². The Hall–Kier alpha value is -1.64. The van der Waals surface area contributed by atoms with Crippen LogP contribution in [-0.4, -0.2) is 45.3 Å². The minimum absolute atomic E-state index is 0.0674. The van der Waals surface area contributed by atoms with Gasteiger partial charge in [0.1, 0.15) is 11.9 Å². The summed E-state index contributed by atoms with van der Waals surface area (Å²) in [4.78, 5) is 2.12. The number of ether oxygens (including phenoxy) is 1. The predicted molar refractivity (Wildman–Crippen MR) is 69.0 cm³/mol. The molecule has 0 unspecified atom stereocenters. The number of nitrogens with one attached hydrogen (secondary N) is 1. The minimum Gasteiger partial charge on any atom is -0.384 e. The lowest BCUT2D eigenvalue weighted by atomic mass is 10.2. The van der Waals surface area contributed by atoms with Crippen molar-refractivity contribution in [2.75, 3.05) is 45.7 Å². The summed E-state index contributed by atoms with van der Waals surface area (Å²) in [6, 6.07) is 6.32. The van der Waals surface area contributed by atoms with Crippen molar-refractivity contribution < 1.29 is 9.13 Å². The summed E-state index contributed by atoms with van der Waals surface area (Å²) in [5.74, 6) is -0.491. The Morgan fingerprint density at radius 1 is 1.44 bits per heavy atom. The molecule has 98 valence electrons. The number of nitrogens with zero attached hydrogens (tertiary/aromatic N) is 2. The van der Waals surface area contributed by atoms with Gasteiger partial charge in [-0.3, -0.25) is 0 Å². The maximum atomic E-state index is 13.3. The van der Waals surface area contributed by atoms with Crippen molar-refractivity contribution in [3.8, 4) is 6.07 Å². The van der Waals surface area contributed by atoms with Gasteiger partial charge in [0.05, 0.1) is 12.2 Å². The van der Waals surface area contributed by atoms with Crippen LogP contribution in [0, 0.1) is 17.1 Å². The van der Waals surface area contributed by atoms with Crippen LogP contribution in [0.2, 0.25) is 0 Å². The maximum Gasteiger partial charge on any atom is 0.143 e. The van der Waals surface area contributed by atoms with Crippen molar-refractivity contribution in [3.63, 3.8) is 0 Å². The van der Waals surface area contributed by atoms with E-state index in [9.17, 15) is 4.39 Å². The number of rotatable bonds is 7. The van der Waals surface area contributed by atoms with Gasteiger partial charge in [0, 0.05) is 32.4 Å². The zero-order valence-corrected chi connectivity index (χ0v) is 10.7. The average molecular weight is 251 g/mol. The monoisotopic (exact) mass is 251 g/mol. The summed E-state index contributed by atoms with van der Waals surface area (Å²) in [6.45, 7) is 3.11. The van der Waals surface area contributed by atoms with Gasteiger partial charge in [0.15, 0.2) is 0 Å². The summed E-state index contributed by atoms with van der Waals surface area (Å²) in [5, 5.41) is 11.7. The lowest BCUT2D eigenvalue weighted by molar-refractivity contribution is 0.163. The second kappa shape index (κ2) is 7.64. The van der Waals surface area contributed by atoms with E-state index in [1.165, 1.54) is 12.1 Å². The Morgan fingerprint density at radius 2 is 2.22 bits per heavy atom. The number of hydrogen-bond acceptors (Lipinski definition) is 4. The highest BCUT2D eigenvalue weighted by Crippen LogP contribution is 2.13. The van der Waals surface area contributed by atoms with E-state index >= 15 is 0 Å². The fraction of sp³-hybridized carbons (Fsp3) is 0.462. The smallest absolute Gasteiger partial charge is 0.143 e. The zero-order chi connectivity index (χ0) is 13.4. The number of halogens is 1. The molecule has 0 spiro atoms. The molecule has 18 heavy (non-hydrogen) atoms. The summed E-state index contributed by atoms with van der Waals surface area (Å²) in [6.07, 6.45) is 0. The van der Waals surface area contributed by atoms with Gasteiger partial charge in [-0.25, -0.2) is 4.39 Å². The molecule has 0 aliphatic rings. The van der Waals surface area contributed by atoms with Crippen LogP contribution in [0.1, 0.15) is 5.56 Å². The van der Waals surface area contributed by atoms with E-state index in [0.717, 1.165) is 13.1 Å². The van der Waals surface area contributed by atoms with Gasteiger partial charge in [-0.1, -0.05) is 0 Å². The fourth-order valence-electron chi connectivity index (χ4n) is 1.47. The van der Waals surface area contributed by atoms with Crippen molar-refractivity contribution in [1.29, 1.82) is 5.26 Å². The Balaban J connectivity index is 2.36. The van der Waals surface area contributed by atoms with E-state index in [-0.39, 0.29) is 5.56 Å². The van der Waals surface area contributed by atoms with Gasteiger partial charge in [-0.2, -0.15) is 5.26 Å². The fourth-order valence-corrected chi connectivity index (χ4v) is 1.47. The molecule has 0 aliphatic carbocycles. The third kappa shape index (κ3) is 4.70. The molecule has 0 amide bonds. The third-order valence-corrected chi connectivity index (χ3v) is 2.59. The second-order valence-corrected chi connectivity index (χ2v) is 4.03. The molecule has 0 aromatic heterocycles. The van der Waals surface area contributed by atoms with Crippen molar-refractivity contribution in [3.05, 3.63) is 29.6 Å². The number of hydrogen-bond donors (Lipinski definition) is 1. The van der Waals surface area contributed by atoms with Crippen molar-refractivity contribution in [2.24, 2.45) is 0 Å². The number of benzene rings is 1. The molecule has 0 heterocycles. The Morgan fingerprint density at radius 3 is 2.83 bits per heavy atom. The van der Waals surface area contributed by atoms with Gasteiger partial charge in [0.25, 0.3) is 0 Å². The van der Waals surface area contributed by atoms with E-state index in [4.69, 9.17) is 10.00 Å². The van der Waals surface area contributed by atoms with Gasteiger partial charge in [-0.15, -0.1) is 0 Å². The second-order valence-electron chi connectivity index (χ2n) is 4.03. The van der Waals surface area contributed by atoms with Crippen LogP contribution in [0.4, 0.5) is 10.1 Å². The maximum absolute atomic E-state index is 13.3. The van der Waals surface area contributed by atoms with Gasteiger partial charge >= 0.3 is 0 Å². The molecule has 0 saturated carbocycles. The first-order chi connectivity index (χ1) is 8.67. The van der Waals surface area contributed by atoms with Crippen LogP contribution in [0.3, 0.4) is 0 Å². The molecule has 0 saturated heterocycles. The Bertz CT molecular complexity index is 417. The van der Waals surface area contributed by atoms with Crippen LogP contribution in [-0.2, 0) is 4.74 Å². The summed E-state index contributed by atoms with van der Waals surface area (Å²) in [7, 11) is 3.67. The molecule has 5 heteroatoms. The first-order valence-electron chi connectivity index (χ1n) is 5.78. The molecule has 1 N–H and O–H groups in total. The number of methoxy groups -OCH3 is 1. The molecule has 0 bridgehead atoms. The molecule has 0 aliphatic heterocycles. The quantitative estimate of drug-likeness (QED) is 0.801. The van der Waals surface area contributed by atoms with Crippen LogP contribution in [0.15, 0.2) is 18.2 Å². The minimum atomic E-state index is -0.491. The topological polar surface area (TPSA) is 48.3 Å². The first-order valence-corrected chi connectivity index (χ1v) is 5.78. The van der Waals surface area contributed by atoms with Crippen LogP contribution in [0.5, 0.6) is 0 Å². The standard InChI is InChI=1S/C13H18FN3O/c1-17(7-8-18-2)6-5-16-12-4-3-11(10-15)13(14)9-12/h3-4,9,16H,5-8H2,1-2H3. The normalized spacial score (nSPS) is 10.4. The number of anilines is 1. The lowest BCUT2D eigenvalue weighted by Crippen LogP contribution is -2.28. The summed E-state index contributed by atoms with van der Waals surface area (Å²) < 4.78 is 18.3. The highest BCUT2D eigenvalue weighted by Gasteiger charge is 2.02. The molecule has 1 rings (SSSR count). The number of likely N-dealkylation sites (N-methyl/N-ethyl adjacent to an activating group) is 1. The lowest BCUT2D eigenvalue weighted by Gasteiger charge is -2.16. The Kier molecular flexibility index (Phi) is 6.12. The highest BCUT2D eigenvalue weighted by molar-refractivity contribution is 5.48. The molecule has 0 atom stereocenters.